The van der Waals surface area contributed by atoms with Gasteiger partial charge in [0.1, 0.15) is 0 Å². The van der Waals surface area contributed by atoms with Crippen molar-refractivity contribution in [3.8, 4) is 0 Å². The van der Waals surface area contributed by atoms with Gasteiger partial charge in [0.05, 0.1) is 19.4 Å². The van der Waals surface area contributed by atoms with Gasteiger partial charge in [-0.2, -0.15) is 0 Å². The molecule has 0 spiro atoms. The summed E-state index contributed by atoms with van der Waals surface area (Å²) in [4.78, 5) is 22.7. The Morgan fingerprint density at radius 1 is 1.40 bits per heavy atom. The van der Waals surface area contributed by atoms with E-state index in [-0.39, 0.29) is 12.3 Å². The molecule has 0 aromatic heterocycles. The Morgan fingerprint density at radius 2 is 2.15 bits per heavy atom. The minimum atomic E-state index is -0.954. The lowest BCUT2D eigenvalue weighted by atomic mass is 9.77. The van der Waals surface area contributed by atoms with E-state index in [0.717, 1.165) is 19.3 Å². The monoisotopic (exact) mass is 276 g/mol. The smallest absolute Gasteiger partial charge is 0.309 e. The van der Waals surface area contributed by atoms with E-state index in [2.05, 4.69) is 12.1 Å². The van der Waals surface area contributed by atoms with Crippen molar-refractivity contribution in [2.24, 2.45) is 5.92 Å². The van der Waals surface area contributed by atoms with E-state index >= 15 is 0 Å². The number of carbonyl (C=O) groups excluding carboxylic acids is 1. The quantitative estimate of drug-likeness (QED) is 0.840. The lowest BCUT2D eigenvalue weighted by Gasteiger charge is -2.27. The standard InChI is InChI=1S/C16H20O4/c1-20-16(19)13(10-15(17)18)9-12-7-4-6-11-5-2-3-8-14(11)12/h2-3,5,8,12-13H,4,6-7,9-10H2,1H3,(H,17,18). The van der Waals surface area contributed by atoms with Crippen molar-refractivity contribution in [3.63, 3.8) is 0 Å². The molecule has 2 unspecified atom stereocenters. The van der Waals surface area contributed by atoms with E-state index < -0.39 is 17.9 Å². The van der Waals surface area contributed by atoms with Crippen LogP contribution in [0, 0.1) is 5.92 Å². The lowest BCUT2D eigenvalue weighted by Crippen LogP contribution is -2.23. The highest BCUT2D eigenvalue weighted by molar-refractivity contribution is 5.79. The number of carboxylic acids is 1. The number of rotatable bonds is 5. The zero-order valence-electron chi connectivity index (χ0n) is 11.7. The minimum Gasteiger partial charge on any atom is -0.481 e. The Labute approximate surface area is 118 Å². The summed E-state index contributed by atoms with van der Waals surface area (Å²) in [5, 5.41) is 8.95. The molecule has 0 aliphatic heterocycles. The normalized spacial score (nSPS) is 18.9. The second kappa shape index (κ2) is 6.55. The number of carbonyl (C=O) groups is 2. The van der Waals surface area contributed by atoms with Crippen LogP contribution >= 0.6 is 0 Å². The molecule has 20 heavy (non-hydrogen) atoms. The highest BCUT2D eigenvalue weighted by Gasteiger charge is 2.29. The van der Waals surface area contributed by atoms with Crippen molar-refractivity contribution in [1.82, 2.24) is 0 Å². The third-order valence-corrected chi connectivity index (χ3v) is 4.02. The molecule has 0 bridgehead atoms. The summed E-state index contributed by atoms with van der Waals surface area (Å²) >= 11 is 0. The van der Waals surface area contributed by atoms with E-state index in [0.29, 0.717) is 6.42 Å². The first-order chi connectivity index (χ1) is 9.61. The average molecular weight is 276 g/mol. The molecule has 1 N–H and O–H groups in total. The van der Waals surface area contributed by atoms with E-state index in [9.17, 15) is 9.59 Å². The van der Waals surface area contributed by atoms with Crippen LogP contribution in [-0.2, 0) is 20.7 Å². The predicted octanol–water partition coefficient (Wildman–Crippen LogP) is 2.76. The zero-order valence-corrected chi connectivity index (χ0v) is 11.7. The number of aliphatic carboxylic acids is 1. The van der Waals surface area contributed by atoms with Crippen molar-refractivity contribution >= 4 is 11.9 Å². The van der Waals surface area contributed by atoms with Crippen molar-refractivity contribution in [2.75, 3.05) is 7.11 Å². The van der Waals surface area contributed by atoms with Gasteiger partial charge in [0.15, 0.2) is 0 Å². The molecule has 0 amide bonds. The van der Waals surface area contributed by atoms with Crippen LogP contribution in [0.1, 0.15) is 42.7 Å². The third kappa shape index (κ3) is 3.38. The van der Waals surface area contributed by atoms with Crippen molar-refractivity contribution in [2.45, 2.75) is 38.0 Å². The van der Waals surface area contributed by atoms with Crippen molar-refractivity contribution in [1.29, 1.82) is 0 Å². The van der Waals surface area contributed by atoms with Crippen LogP contribution in [0.15, 0.2) is 24.3 Å². The topological polar surface area (TPSA) is 63.6 Å². The average Bonchev–Trinajstić information content (AvgIpc) is 2.45. The van der Waals surface area contributed by atoms with Crippen molar-refractivity contribution < 1.29 is 19.4 Å². The van der Waals surface area contributed by atoms with Gasteiger partial charge in [-0.05, 0) is 42.7 Å². The summed E-state index contributed by atoms with van der Waals surface area (Å²) in [6.45, 7) is 0. The molecular weight excluding hydrogens is 256 g/mol. The predicted molar refractivity (Wildman–Crippen MR) is 74.5 cm³/mol. The Bertz CT molecular complexity index is 495. The molecule has 0 saturated heterocycles. The summed E-state index contributed by atoms with van der Waals surface area (Å²) in [6.07, 6.45) is 3.54. The zero-order chi connectivity index (χ0) is 14.5. The van der Waals surface area contributed by atoms with Gasteiger partial charge in [-0.3, -0.25) is 9.59 Å². The second-order valence-corrected chi connectivity index (χ2v) is 5.34. The fraction of sp³-hybridized carbons (Fsp3) is 0.500. The van der Waals surface area contributed by atoms with Gasteiger partial charge in [-0.15, -0.1) is 0 Å². The number of hydrogen-bond acceptors (Lipinski definition) is 3. The summed E-state index contributed by atoms with van der Waals surface area (Å²) in [5.74, 6) is -1.68. The van der Waals surface area contributed by atoms with Gasteiger partial charge in [0.2, 0.25) is 0 Å². The minimum absolute atomic E-state index is 0.161. The number of esters is 1. The van der Waals surface area contributed by atoms with Crippen LogP contribution < -0.4 is 0 Å². The molecule has 0 heterocycles. The van der Waals surface area contributed by atoms with E-state index in [1.807, 2.05) is 12.1 Å². The molecule has 1 aliphatic carbocycles. The van der Waals surface area contributed by atoms with Crippen LogP contribution in [0.25, 0.3) is 0 Å². The molecule has 1 aliphatic rings. The van der Waals surface area contributed by atoms with Crippen LogP contribution in [0.4, 0.5) is 0 Å². The SMILES string of the molecule is COC(=O)C(CC(=O)O)CC1CCCc2ccccc21. The van der Waals surface area contributed by atoms with Gasteiger partial charge in [0, 0.05) is 0 Å². The molecule has 1 aromatic carbocycles. The molecule has 2 rings (SSSR count). The van der Waals surface area contributed by atoms with Gasteiger partial charge < -0.3 is 9.84 Å². The van der Waals surface area contributed by atoms with E-state index in [4.69, 9.17) is 9.84 Å². The Balaban J connectivity index is 2.15. The van der Waals surface area contributed by atoms with Gasteiger partial charge in [-0.25, -0.2) is 0 Å². The number of benzene rings is 1. The summed E-state index contributed by atoms with van der Waals surface area (Å²) in [6, 6.07) is 8.23. The number of methoxy groups -OCH3 is 1. The fourth-order valence-electron chi connectivity index (χ4n) is 3.08. The van der Waals surface area contributed by atoms with E-state index in [1.54, 1.807) is 0 Å². The first-order valence-corrected chi connectivity index (χ1v) is 6.99. The molecule has 2 atom stereocenters. The lowest BCUT2D eigenvalue weighted by molar-refractivity contribution is -0.151. The van der Waals surface area contributed by atoms with Crippen LogP contribution in [0.2, 0.25) is 0 Å². The Hall–Kier alpha value is -1.84. The van der Waals surface area contributed by atoms with Gasteiger partial charge in [-0.1, -0.05) is 24.3 Å². The molecule has 4 nitrogen and oxygen atoms in total. The Kier molecular flexibility index (Phi) is 4.77. The third-order valence-electron chi connectivity index (χ3n) is 4.02. The van der Waals surface area contributed by atoms with Gasteiger partial charge >= 0.3 is 11.9 Å². The second-order valence-electron chi connectivity index (χ2n) is 5.34. The van der Waals surface area contributed by atoms with Crippen LogP contribution in [-0.4, -0.2) is 24.2 Å². The molecule has 0 saturated carbocycles. The molecule has 4 heteroatoms. The summed E-state index contributed by atoms with van der Waals surface area (Å²) < 4.78 is 4.74. The summed E-state index contributed by atoms with van der Waals surface area (Å²) in [5.41, 5.74) is 2.58. The largest absolute Gasteiger partial charge is 0.481 e. The molecule has 1 aromatic rings. The molecule has 0 radical (unpaired) electrons. The molecule has 0 fully saturated rings. The highest BCUT2D eigenvalue weighted by atomic mass is 16.5. The number of aryl methyl sites for hydroxylation is 1. The number of fused-ring (bicyclic) bond motifs is 1. The van der Waals surface area contributed by atoms with E-state index in [1.165, 1.54) is 18.2 Å². The summed E-state index contributed by atoms with van der Waals surface area (Å²) in [7, 11) is 1.31. The number of carboxylic acid groups (broad SMARTS) is 1. The molecular formula is C16H20O4. The Morgan fingerprint density at radius 3 is 2.85 bits per heavy atom. The van der Waals surface area contributed by atoms with Crippen LogP contribution in [0.3, 0.4) is 0 Å². The first kappa shape index (κ1) is 14.6. The maximum atomic E-state index is 11.7. The number of ether oxygens (including phenoxy) is 1. The fourth-order valence-corrected chi connectivity index (χ4v) is 3.08. The maximum Gasteiger partial charge on any atom is 0.309 e. The molecule has 108 valence electrons. The van der Waals surface area contributed by atoms with Crippen molar-refractivity contribution in [3.05, 3.63) is 35.4 Å². The highest BCUT2D eigenvalue weighted by Crippen LogP contribution is 2.36. The van der Waals surface area contributed by atoms with Crippen LogP contribution in [0.5, 0.6) is 0 Å². The maximum absolute atomic E-state index is 11.7. The number of hydrogen-bond donors (Lipinski definition) is 1. The first-order valence-electron chi connectivity index (χ1n) is 6.99. The van der Waals surface area contributed by atoms with Gasteiger partial charge in [0.25, 0.3) is 0 Å².